The number of aryl methyl sites for hydroxylation is 1. The summed E-state index contributed by atoms with van der Waals surface area (Å²) in [5, 5.41) is 8.02. The number of rotatable bonds is 5. The van der Waals surface area contributed by atoms with Crippen LogP contribution in [0, 0.1) is 0 Å². The third kappa shape index (κ3) is 2.36. The van der Waals surface area contributed by atoms with E-state index in [-0.39, 0.29) is 11.6 Å². The van der Waals surface area contributed by atoms with E-state index in [1.54, 1.807) is 7.11 Å². The number of likely N-dealkylation sites (tertiary alicyclic amines) is 1. The average molecular weight is 292 g/mol. The molecule has 5 heteroatoms. The average Bonchev–Trinajstić information content (AvgIpc) is 3.21. The summed E-state index contributed by atoms with van der Waals surface area (Å²) >= 11 is 0. The Morgan fingerprint density at radius 1 is 1.24 bits per heavy atom. The van der Waals surface area contributed by atoms with Gasteiger partial charge in [0, 0.05) is 12.6 Å². The molecule has 0 aromatic carbocycles. The Morgan fingerprint density at radius 3 is 2.48 bits per heavy atom. The Balaban J connectivity index is 2.01. The van der Waals surface area contributed by atoms with E-state index >= 15 is 0 Å². The second kappa shape index (κ2) is 5.97. The fourth-order valence-corrected chi connectivity index (χ4v) is 4.51. The number of hydrogen-bond acceptors (Lipinski definition) is 4. The van der Waals surface area contributed by atoms with Crippen LogP contribution in [0.4, 0.5) is 0 Å². The molecule has 1 aromatic rings. The molecule has 1 aliphatic heterocycles. The monoisotopic (exact) mass is 292 g/mol. The molecule has 2 fully saturated rings. The Labute approximate surface area is 127 Å². The van der Waals surface area contributed by atoms with Crippen LogP contribution in [0.15, 0.2) is 6.20 Å². The van der Waals surface area contributed by atoms with E-state index in [1.165, 1.54) is 57.3 Å². The van der Waals surface area contributed by atoms with Crippen molar-refractivity contribution < 1.29 is 4.74 Å². The Morgan fingerprint density at radius 2 is 1.90 bits per heavy atom. The third-order valence-corrected chi connectivity index (χ3v) is 5.47. The molecule has 1 aliphatic carbocycles. The quantitative estimate of drug-likeness (QED) is 0.902. The Hall–Kier alpha value is -1.07. The van der Waals surface area contributed by atoms with Crippen molar-refractivity contribution in [3.63, 3.8) is 0 Å². The van der Waals surface area contributed by atoms with Crippen LogP contribution >= 0.6 is 0 Å². The van der Waals surface area contributed by atoms with Gasteiger partial charge in [-0.3, -0.25) is 9.58 Å². The zero-order valence-electron chi connectivity index (χ0n) is 13.6. The van der Waals surface area contributed by atoms with Gasteiger partial charge in [0.25, 0.3) is 0 Å². The van der Waals surface area contributed by atoms with E-state index in [4.69, 9.17) is 4.74 Å². The van der Waals surface area contributed by atoms with E-state index in [0.717, 1.165) is 5.75 Å². The molecular weight excluding hydrogens is 264 g/mol. The van der Waals surface area contributed by atoms with Crippen molar-refractivity contribution in [2.24, 2.45) is 7.05 Å². The summed E-state index contributed by atoms with van der Waals surface area (Å²) in [6.07, 6.45) is 9.71. The molecule has 1 saturated heterocycles. The number of likely N-dealkylation sites (N-methyl/N-ethyl adjacent to an activating group) is 1. The second-order valence-corrected chi connectivity index (χ2v) is 6.45. The van der Waals surface area contributed by atoms with E-state index < -0.39 is 0 Å². The minimum absolute atomic E-state index is 0.228. The Bertz CT molecular complexity index is 473. The summed E-state index contributed by atoms with van der Waals surface area (Å²) in [6, 6.07) is 0.278. The van der Waals surface area contributed by atoms with Crippen molar-refractivity contribution in [1.29, 1.82) is 0 Å². The molecule has 1 unspecified atom stereocenters. The maximum atomic E-state index is 5.57. The molecule has 1 N–H and O–H groups in total. The summed E-state index contributed by atoms with van der Waals surface area (Å²) in [5.74, 6) is 0.905. The summed E-state index contributed by atoms with van der Waals surface area (Å²) in [6.45, 7) is 2.47. The van der Waals surface area contributed by atoms with Gasteiger partial charge in [0.15, 0.2) is 5.75 Å². The molecule has 3 rings (SSSR count). The third-order valence-electron chi connectivity index (χ3n) is 5.47. The van der Waals surface area contributed by atoms with Crippen molar-refractivity contribution in [2.75, 3.05) is 27.2 Å². The minimum Gasteiger partial charge on any atom is -0.493 e. The molecule has 1 aromatic heterocycles. The van der Waals surface area contributed by atoms with Crippen molar-refractivity contribution in [3.05, 3.63) is 11.9 Å². The first-order valence-corrected chi connectivity index (χ1v) is 8.21. The molecule has 0 spiro atoms. The number of nitrogens with one attached hydrogen (secondary N) is 1. The number of hydrogen-bond donors (Lipinski definition) is 1. The minimum atomic E-state index is 0.228. The topological polar surface area (TPSA) is 42.3 Å². The molecule has 2 aliphatic rings. The number of ether oxygens (including phenoxy) is 1. The van der Waals surface area contributed by atoms with Crippen LogP contribution in [0.1, 0.15) is 50.3 Å². The molecule has 118 valence electrons. The summed E-state index contributed by atoms with van der Waals surface area (Å²) in [5.41, 5.74) is 1.42. The number of methoxy groups -OCH3 is 1. The van der Waals surface area contributed by atoms with Crippen LogP contribution in [0.25, 0.3) is 0 Å². The first-order chi connectivity index (χ1) is 10.2. The lowest BCUT2D eigenvalue weighted by molar-refractivity contribution is 0.0753. The predicted octanol–water partition coefficient (Wildman–Crippen LogP) is 2.10. The van der Waals surface area contributed by atoms with Gasteiger partial charge in [-0.15, -0.1) is 0 Å². The van der Waals surface area contributed by atoms with Gasteiger partial charge in [-0.05, 0) is 45.8 Å². The van der Waals surface area contributed by atoms with Crippen LogP contribution in [0.5, 0.6) is 5.75 Å². The molecule has 0 radical (unpaired) electrons. The van der Waals surface area contributed by atoms with Gasteiger partial charge in [0.1, 0.15) is 0 Å². The normalized spacial score (nSPS) is 23.6. The lowest BCUT2D eigenvalue weighted by atomic mass is 9.84. The largest absolute Gasteiger partial charge is 0.493 e. The van der Waals surface area contributed by atoms with Crippen LogP contribution in [-0.4, -0.2) is 47.5 Å². The molecule has 0 bridgehead atoms. The van der Waals surface area contributed by atoms with Gasteiger partial charge in [-0.25, -0.2) is 0 Å². The number of aromatic nitrogens is 2. The Kier molecular flexibility index (Phi) is 4.22. The molecule has 5 nitrogen and oxygen atoms in total. The SMILES string of the molecule is CNC(c1c(OC)cnn1C)C1(N2CCCC2)CCCC1. The second-order valence-electron chi connectivity index (χ2n) is 6.45. The summed E-state index contributed by atoms with van der Waals surface area (Å²) in [4.78, 5) is 2.73. The lowest BCUT2D eigenvalue weighted by Crippen LogP contribution is -2.54. The highest BCUT2D eigenvalue weighted by Crippen LogP contribution is 2.47. The maximum Gasteiger partial charge on any atom is 0.161 e. The van der Waals surface area contributed by atoms with Crippen molar-refractivity contribution >= 4 is 0 Å². The van der Waals surface area contributed by atoms with E-state index in [9.17, 15) is 0 Å². The van der Waals surface area contributed by atoms with Gasteiger partial charge in [-0.2, -0.15) is 5.10 Å². The molecule has 1 atom stereocenters. The van der Waals surface area contributed by atoms with Crippen molar-refractivity contribution in [3.8, 4) is 5.75 Å². The fraction of sp³-hybridized carbons (Fsp3) is 0.812. The fourth-order valence-electron chi connectivity index (χ4n) is 4.51. The van der Waals surface area contributed by atoms with Gasteiger partial charge in [0.05, 0.1) is 25.0 Å². The van der Waals surface area contributed by atoms with Crippen molar-refractivity contribution in [1.82, 2.24) is 20.0 Å². The first kappa shape index (κ1) is 14.9. The molecule has 2 heterocycles. The molecule has 21 heavy (non-hydrogen) atoms. The molecular formula is C16H28N4O. The maximum absolute atomic E-state index is 5.57. The van der Waals surface area contributed by atoms with Crippen LogP contribution < -0.4 is 10.1 Å². The zero-order valence-corrected chi connectivity index (χ0v) is 13.6. The van der Waals surface area contributed by atoms with Gasteiger partial charge < -0.3 is 10.1 Å². The van der Waals surface area contributed by atoms with E-state index in [1.807, 2.05) is 17.9 Å². The summed E-state index contributed by atoms with van der Waals surface area (Å²) < 4.78 is 7.56. The highest BCUT2D eigenvalue weighted by molar-refractivity contribution is 5.32. The van der Waals surface area contributed by atoms with E-state index in [2.05, 4.69) is 22.4 Å². The summed E-state index contributed by atoms with van der Waals surface area (Å²) in [7, 11) is 5.84. The van der Waals surface area contributed by atoms with Gasteiger partial charge >= 0.3 is 0 Å². The standard InChI is InChI=1S/C16H28N4O/c1-17-15(14-13(21-3)12-18-19(14)2)16(8-4-5-9-16)20-10-6-7-11-20/h12,15,17H,4-11H2,1-3H3. The number of nitrogens with zero attached hydrogens (tertiary/aromatic N) is 3. The lowest BCUT2D eigenvalue weighted by Gasteiger charge is -2.45. The zero-order chi connectivity index (χ0) is 14.9. The predicted molar refractivity (Wildman–Crippen MR) is 83.6 cm³/mol. The van der Waals surface area contributed by atoms with E-state index in [0.29, 0.717) is 0 Å². The van der Waals surface area contributed by atoms with Crippen LogP contribution in [-0.2, 0) is 7.05 Å². The van der Waals surface area contributed by atoms with Crippen LogP contribution in [0.2, 0.25) is 0 Å². The smallest absolute Gasteiger partial charge is 0.161 e. The highest BCUT2D eigenvalue weighted by atomic mass is 16.5. The van der Waals surface area contributed by atoms with Crippen molar-refractivity contribution in [2.45, 2.75) is 50.1 Å². The highest BCUT2D eigenvalue weighted by Gasteiger charge is 2.48. The van der Waals surface area contributed by atoms with Gasteiger partial charge in [0.2, 0.25) is 0 Å². The molecule has 0 amide bonds. The molecule has 1 saturated carbocycles. The van der Waals surface area contributed by atoms with Crippen LogP contribution in [0.3, 0.4) is 0 Å². The first-order valence-electron chi connectivity index (χ1n) is 8.21. The van der Waals surface area contributed by atoms with Gasteiger partial charge in [-0.1, -0.05) is 12.8 Å².